The maximum atomic E-state index is 10.8. The van der Waals surface area contributed by atoms with E-state index in [2.05, 4.69) is 0 Å². The molecular formula is C18H21NO3. The second-order valence-electron chi connectivity index (χ2n) is 6.43. The summed E-state index contributed by atoms with van der Waals surface area (Å²) >= 11 is 0. The highest BCUT2D eigenvalue weighted by molar-refractivity contribution is 5.62. The molecule has 2 bridgehead atoms. The van der Waals surface area contributed by atoms with Gasteiger partial charge in [0, 0.05) is 24.3 Å². The number of ether oxygens (including phenoxy) is 2. The second kappa shape index (κ2) is 4.06. The van der Waals surface area contributed by atoms with Gasteiger partial charge < -0.3 is 19.5 Å². The fourth-order valence-electron chi connectivity index (χ4n) is 4.60. The quantitative estimate of drug-likeness (QED) is 0.799. The Hall–Kier alpha value is -1.52. The van der Waals surface area contributed by atoms with Crippen molar-refractivity contribution in [3.63, 3.8) is 0 Å². The van der Waals surface area contributed by atoms with Gasteiger partial charge >= 0.3 is 0 Å². The van der Waals surface area contributed by atoms with Gasteiger partial charge in [-0.1, -0.05) is 18.2 Å². The van der Waals surface area contributed by atoms with Crippen LogP contribution in [0.5, 0.6) is 11.5 Å². The van der Waals surface area contributed by atoms with Gasteiger partial charge in [-0.05, 0) is 38.0 Å². The zero-order valence-electron chi connectivity index (χ0n) is 17.6. The molecule has 0 radical (unpaired) electrons. The summed E-state index contributed by atoms with van der Waals surface area (Å²) in [5.41, 5.74) is -0.0770. The highest BCUT2D eigenvalue weighted by Gasteiger charge is 2.64. The van der Waals surface area contributed by atoms with Crippen molar-refractivity contribution in [1.82, 2.24) is 4.90 Å². The molecule has 2 heterocycles. The van der Waals surface area contributed by atoms with Crippen LogP contribution in [0, 0.1) is 5.92 Å². The van der Waals surface area contributed by atoms with E-state index >= 15 is 0 Å². The Bertz CT molecular complexity index is 921. The maximum absolute atomic E-state index is 10.8. The third-order valence-corrected chi connectivity index (χ3v) is 5.58. The summed E-state index contributed by atoms with van der Waals surface area (Å²) in [7, 11) is 3.22. The summed E-state index contributed by atoms with van der Waals surface area (Å²) in [6.45, 7) is 0.505. The molecule has 0 aromatic heterocycles. The van der Waals surface area contributed by atoms with Gasteiger partial charge in [0.15, 0.2) is 11.5 Å². The van der Waals surface area contributed by atoms with E-state index in [0.717, 1.165) is 0 Å². The molecule has 1 spiro atoms. The van der Waals surface area contributed by atoms with E-state index < -0.39 is 29.5 Å². The largest absolute Gasteiger partial charge is 0.493 e. The minimum absolute atomic E-state index is 0.0359. The summed E-state index contributed by atoms with van der Waals surface area (Å²) in [5.74, 6) is -0.254. The van der Waals surface area contributed by atoms with Crippen LogP contribution in [0.3, 0.4) is 0 Å². The first-order valence-corrected chi connectivity index (χ1v) is 7.57. The van der Waals surface area contributed by atoms with Gasteiger partial charge in [-0.25, -0.2) is 0 Å². The van der Waals surface area contributed by atoms with Gasteiger partial charge in [0.25, 0.3) is 0 Å². The number of benzene rings is 1. The van der Waals surface area contributed by atoms with Gasteiger partial charge in [0.2, 0.25) is 0 Å². The average molecular weight is 304 g/mol. The zero-order valence-corrected chi connectivity index (χ0v) is 12.6. The summed E-state index contributed by atoms with van der Waals surface area (Å²) in [6.07, 6.45) is -0.870. The molecule has 4 heteroatoms. The van der Waals surface area contributed by atoms with Crippen LogP contribution in [0.15, 0.2) is 24.2 Å². The molecule has 1 N–H and O–H groups in total. The molecule has 0 saturated carbocycles. The number of hydrogen-bond donors (Lipinski definition) is 1. The molecule has 2 aliphatic heterocycles. The van der Waals surface area contributed by atoms with Crippen molar-refractivity contribution < 1.29 is 21.4 Å². The fourth-order valence-corrected chi connectivity index (χ4v) is 4.60. The third-order valence-electron chi connectivity index (χ3n) is 5.58. The third kappa shape index (κ3) is 1.28. The van der Waals surface area contributed by atoms with E-state index in [1.807, 2.05) is 11.9 Å². The molecule has 1 saturated heterocycles. The van der Waals surface area contributed by atoms with Gasteiger partial charge in [0.05, 0.1) is 12.6 Å². The zero-order chi connectivity index (χ0) is 19.6. The molecule has 2 aliphatic carbocycles. The van der Waals surface area contributed by atoms with Crippen LogP contribution in [0.4, 0.5) is 0 Å². The van der Waals surface area contributed by atoms with E-state index in [-0.39, 0.29) is 30.0 Å². The van der Waals surface area contributed by atoms with Crippen LogP contribution in [0.1, 0.15) is 24.4 Å². The van der Waals surface area contributed by atoms with Crippen LogP contribution in [-0.4, -0.2) is 48.9 Å². The molecule has 1 fully saturated rings. The second-order valence-corrected chi connectivity index (χ2v) is 6.43. The normalized spacial score (nSPS) is 54.3. The van der Waals surface area contributed by atoms with E-state index in [0.29, 0.717) is 24.1 Å². The van der Waals surface area contributed by atoms with E-state index in [4.69, 9.17) is 15.0 Å². The predicted octanol–water partition coefficient (Wildman–Crippen LogP) is 1.50. The molecule has 4 nitrogen and oxygen atoms in total. The summed E-state index contributed by atoms with van der Waals surface area (Å²) in [5, 5.41) is 10.8. The Balaban J connectivity index is 1.96. The number of likely N-dealkylation sites (tertiary alicyclic amines) is 1. The lowest BCUT2D eigenvalue weighted by atomic mass is 9.53. The molecule has 116 valence electrons. The van der Waals surface area contributed by atoms with Gasteiger partial charge in [-0.15, -0.1) is 0 Å². The molecule has 5 rings (SSSR count). The van der Waals surface area contributed by atoms with Crippen molar-refractivity contribution in [3.05, 3.63) is 35.4 Å². The molecule has 22 heavy (non-hydrogen) atoms. The van der Waals surface area contributed by atoms with Gasteiger partial charge in [0.1, 0.15) is 12.2 Å². The SMILES string of the molecule is [2H]c1c([2H])c(OC)c2c3c1C[C@]1([2H])[C@@H]4C=CC([2H])(O)C([2H])(O2)[C@]34CCN1C. The van der Waals surface area contributed by atoms with Crippen molar-refractivity contribution in [2.24, 2.45) is 5.92 Å². The van der Waals surface area contributed by atoms with E-state index in [9.17, 15) is 6.48 Å². The van der Waals surface area contributed by atoms with Crippen LogP contribution < -0.4 is 9.47 Å². The Labute approximate surface area is 137 Å². The first-order valence-electron chi connectivity index (χ1n) is 10.1. The van der Waals surface area contributed by atoms with Gasteiger partial charge in [-0.3, -0.25) is 0 Å². The highest BCUT2D eigenvalue weighted by atomic mass is 16.5. The number of hydrogen-bond acceptors (Lipinski definition) is 4. The topological polar surface area (TPSA) is 41.9 Å². The summed E-state index contributed by atoms with van der Waals surface area (Å²) in [4.78, 5) is 1.90. The number of rotatable bonds is 1. The van der Waals surface area contributed by atoms with Crippen molar-refractivity contribution >= 4 is 0 Å². The van der Waals surface area contributed by atoms with Crippen LogP contribution in [0.25, 0.3) is 0 Å². The molecule has 0 amide bonds. The Morgan fingerprint density at radius 3 is 3.18 bits per heavy atom. The lowest BCUT2D eigenvalue weighted by Gasteiger charge is -2.56. The van der Waals surface area contributed by atoms with Crippen molar-refractivity contribution in [2.75, 3.05) is 20.7 Å². The maximum Gasteiger partial charge on any atom is 0.165 e. The molecule has 5 atom stereocenters. The monoisotopic (exact) mass is 304 g/mol. The van der Waals surface area contributed by atoms with Crippen LogP contribution >= 0.6 is 0 Å². The summed E-state index contributed by atoms with van der Waals surface area (Å²) in [6, 6.07) is -1.34. The first-order chi connectivity index (χ1) is 12.5. The molecule has 2 unspecified atom stereocenters. The Kier molecular flexibility index (Phi) is 1.65. The average Bonchev–Trinajstić information content (AvgIpc) is 2.87. The smallest absolute Gasteiger partial charge is 0.165 e. The summed E-state index contributed by atoms with van der Waals surface area (Å²) < 4.78 is 54.9. The Morgan fingerprint density at radius 2 is 2.36 bits per heavy atom. The minimum Gasteiger partial charge on any atom is -0.493 e. The number of piperidine rings is 1. The first kappa shape index (κ1) is 8.94. The molecule has 1 aromatic rings. The van der Waals surface area contributed by atoms with Crippen LogP contribution in [0.2, 0.25) is 0 Å². The fraction of sp³-hybridized carbons (Fsp3) is 0.556. The highest BCUT2D eigenvalue weighted by Crippen LogP contribution is 2.62. The number of nitrogens with zero attached hydrogens (tertiary/aromatic N) is 1. The lowest BCUT2D eigenvalue weighted by molar-refractivity contribution is -0.0453. The van der Waals surface area contributed by atoms with Crippen molar-refractivity contribution in [2.45, 2.75) is 36.4 Å². The predicted molar refractivity (Wildman–Crippen MR) is 82.5 cm³/mol. The van der Waals surface area contributed by atoms with Gasteiger partial charge in [-0.2, -0.15) is 0 Å². The lowest BCUT2D eigenvalue weighted by Crippen LogP contribution is -2.64. The van der Waals surface area contributed by atoms with Crippen LogP contribution in [-0.2, 0) is 11.8 Å². The van der Waals surface area contributed by atoms with Crippen molar-refractivity contribution in [3.8, 4) is 11.5 Å². The number of aliphatic hydroxyl groups is 1. The number of likely N-dealkylation sites (N-methyl/N-ethyl adjacent to an activating group) is 1. The Morgan fingerprint density at radius 1 is 1.50 bits per heavy atom. The van der Waals surface area contributed by atoms with E-state index in [1.165, 1.54) is 13.2 Å². The van der Waals surface area contributed by atoms with Crippen molar-refractivity contribution in [1.29, 1.82) is 0 Å². The standard InChI is InChI=1S/C18H21NO3/c1-19-8-7-18-11-4-5-13(20)17(18)22-16-14(21-2)6-3-10(15(16)18)9-12(11)19/h3-6,11-13,17,20H,7-9H2,1-2H3/t11-,12+,13?,17?,18-/m0/s1/i3D,6D,12D,13D,17D. The minimum atomic E-state index is -2.33. The molecule has 1 aromatic carbocycles. The number of methoxy groups -OCH3 is 1. The molecule has 4 aliphatic rings. The van der Waals surface area contributed by atoms with E-state index in [1.54, 1.807) is 6.08 Å². The molecular weight excluding hydrogens is 278 g/mol.